The maximum absolute atomic E-state index is 11.4. The fraction of sp³-hybridized carbons (Fsp3) is 0.909. The Hall–Kier alpha value is -0.570. The van der Waals surface area contributed by atoms with Crippen LogP contribution in [0.4, 0.5) is 0 Å². The van der Waals surface area contributed by atoms with Gasteiger partial charge >= 0.3 is 0 Å². The van der Waals surface area contributed by atoms with Crippen molar-refractivity contribution >= 4 is 5.91 Å². The minimum atomic E-state index is 0.222. The monoisotopic (exact) mass is 198 g/mol. The van der Waals surface area contributed by atoms with Gasteiger partial charge in [-0.25, -0.2) is 0 Å². The van der Waals surface area contributed by atoms with Crippen LogP contribution in [0.25, 0.3) is 0 Å². The van der Waals surface area contributed by atoms with Gasteiger partial charge < -0.3 is 4.90 Å². The highest BCUT2D eigenvalue weighted by Gasteiger charge is 2.28. The number of amides is 1. The molecule has 0 N–H and O–H groups in total. The van der Waals surface area contributed by atoms with Gasteiger partial charge in [-0.05, 0) is 20.3 Å². The zero-order valence-electron chi connectivity index (χ0n) is 9.79. The summed E-state index contributed by atoms with van der Waals surface area (Å²) in [5.41, 5.74) is 0. The van der Waals surface area contributed by atoms with E-state index in [1.165, 1.54) is 0 Å². The Labute approximate surface area is 87.1 Å². The number of rotatable bonds is 2. The lowest BCUT2D eigenvalue weighted by molar-refractivity contribution is -0.134. The minimum Gasteiger partial charge on any atom is -0.337 e. The molecule has 82 valence electrons. The van der Waals surface area contributed by atoms with Gasteiger partial charge in [-0.15, -0.1) is 0 Å². The van der Waals surface area contributed by atoms with Crippen molar-refractivity contribution < 1.29 is 4.79 Å². The normalized spacial score (nSPS) is 24.4. The second kappa shape index (κ2) is 4.78. The first-order chi connectivity index (χ1) is 6.56. The van der Waals surface area contributed by atoms with E-state index >= 15 is 0 Å². The van der Waals surface area contributed by atoms with Crippen LogP contribution in [0.5, 0.6) is 0 Å². The van der Waals surface area contributed by atoms with E-state index in [-0.39, 0.29) is 5.91 Å². The third kappa shape index (κ3) is 2.47. The highest BCUT2D eigenvalue weighted by atomic mass is 16.2. The summed E-state index contributed by atoms with van der Waals surface area (Å²) in [5, 5.41) is 0. The van der Waals surface area contributed by atoms with Crippen molar-refractivity contribution in [2.75, 3.05) is 19.6 Å². The Bertz CT molecular complexity index is 203. The molecule has 0 saturated carbocycles. The van der Waals surface area contributed by atoms with Gasteiger partial charge in [0.05, 0.1) is 0 Å². The van der Waals surface area contributed by atoms with Crippen LogP contribution in [0.3, 0.4) is 0 Å². The molecule has 0 aliphatic carbocycles. The van der Waals surface area contributed by atoms with Crippen molar-refractivity contribution in [2.45, 2.75) is 46.2 Å². The summed E-state index contributed by atoms with van der Waals surface area (Å²) in [7, 11) is 0. The van der Waals surface area contributed by atoms with Crippen molar-refractivity contribution in [3.05, 3.63) is 0 Å². The van der Waals surface area contributed by atoms with Crippen molar-refractivity contribution in [1.29, 1.82) is 0 Å². The molecule has 0 aromatic carbocycles. The lowest BCUT2D eigenvalue weighted by atomic mass is 10.1. The molecule has 1 fully saturated rings. The maximum atomic E-state index is 11.4. The van der Waals surface area contributed by atoms with E-state index < -0.39 is 0 Å². The highest BCUT2D eigenvalue weighted by Crippen LogP contribution is 2.14. The van der Waals surface area contributed by atoms with Crippen LogP contribution >= 0.6 is 0 Å². The lowest BCUT2D eigenvalue weighted by Crippen LogP contribution is -2.55. The summed E-state index contributed by atoms with van der Waals surface area (Å²) in [5.74, 6) is 0.222. The van der Waals surface area contributed by atoms with Gasteiger partial charge in [0.1, 0.15) is 0 Å². The first kappa shape index (κ1) is 11.5. The van der Waals surface area contributed by atoms with Crippen LogP contribution in [0.15, 0.2) is 0 Å². The summed E-state index contributed by atoms with van der Waals surface area (Å²) in [6.45, 7) is 11.2. The molecule has 1 rings (SSSR count). The first-order valence-electron chi connectivity index (χ1n) is 5.57. The maximum Gasteiger partial charge on any atom is 0.219 e. The van der Waals surface area contributed by atoms with E-state index in [9.17, 15) is 4.79 Å². The molecule has 0 aromatic heterocycles. The molecule has 1 saturated heterocycles. The molecular formula is C11H22N2O. The van der Waals surface area contributed by atoms with E-state index in [4.69, 9.17) is 0 Å². The van der Waals surface area contributed by atoms with Gasteiger partial charge in [-0.3, -0.25) is 9.69 Å². The number of piperazine rings is 1. The van der Waals surface area contributed by atoms with Gasteiger partial charge in [0.25, 0.3) is 0 Å². The molecule has 1 unspecified atom stereocenters. The number of hydrogen-bond acceptors (Lipinski definition) is 2. The molecule has 0 bridgehead atoms. The van der Waals surface area contributed by atoms with Gasteiger partial charge in [-0.1, -0.05) is 6.92 Å². The van der Waals surface area contributed by atoms with Crippen LogP contribution in [0, 0.1) is 0 Å². The Morgan fingerprint density at radius 2 is 2.07 bits per heavy atom. The van der Waals surface area contributed by atoms with Crippen molar-refractivity contribution in [2.24, 2.45) is 0 Å². The Kier molecular flexibility index (Phi) is 3.93. The SMILES string of the molecule is CCC1CN(C(C)C)CCN1C(C)=O. The summed E-state index contributed by atoms with van der Waals surface area (Å²) in [6, 6.07) is 1.02. The predicted octanol–water partition coefficient (Wildman–Crippen LogP) is 1.34. The largest absolute Gasteiger partial charge is 0.337 e. The quantitative estimate of drug-likeness (QED) is 0.668. The van der Waals surface area contributed by atoms with E-state index in [2.05, 4.69) is 25.7 Å². The second-order valence-corrected chi connectivity index (χ2v) is 4.36. The van der Waals surface area contributed by atoms with Gasteiger partial charge in [0.15, 0.2) is 0 Å². The van der Waals surface area contributed by atoms with Crippen LogP contribution in [0.2, 0.25) is 0 Å². The smallest absolute Gasteiger partial charge is 0.219 e. The van der Waals surface area contributed by atoms with E-state index in [0.717, 1.165) is 26.1 Å². The average Bonchev–Trinajstić information content (AvgIpc) is 2.16. The number of carbonyl (C=O) groups excluding carboxylic acids is 1. The first-order valence-corrected chi connectivity index (χ1v) is 5.57. The molecule has 1 aliphatic rings. The minimum absolute atomic E-state index is 0.222. The van der Waals surface area contributed by atoms with E-state index in [0.29, 0.717) is 12.1 Å². The molecule has 3 heteroatoms. The second-order valence-electron chi connectivity index (χ2n) is 4.36. The van der Waals surface area contributed by atoms with E-state index in [1.54, 1.807) is 6.92 Å². The molecule has 1 heterocycles. The van der Waals surface area contributed by atoms with Gasteiger partial charge in [-0.2, -0.15) is 0 Å². The van der Waals surface area contributed by atoms with E-state index in [1.807, 2.05) is 4.90 Å². The third-order valence-corrected chi connectivity index (χ3v) is 3.12. The molecule has 1 amide bonds. The van der Waals surface area contributed by atoms with Gasteiger partial charge in [0, 0.05) is 38.6 Å². The summed E-state index contributed by atoms with van der Waals surface area (Å²) in [6.07, 6.45) is 1.06. The number of carbonyl (C=O) groups is 1. The Balaban J connectivity index is 2.59. The van der Waals surface area contributed by atoms with Gasteiger partial charge in [0.2, 0.25) is 5.91 Å². The zero-order valence-corrected chi connectivity index (χ0v) is 9.79. The molecule has 14 heavy (non-hydrogen) atoms. The molecule has 0 radical (unpaired) electrons. The Morgan fingerprint density at radius 3 is 2.50 bits per heavy atom. The van der Waals surface area contributed by atoms with Crippen molar-refractivity contribution in [1.82, 2.24) is 9.80 Å². The molecule has 3 nitrogen and oxygen atoms in total. The molecule has 1 aliphatic heterocycles. The van der Waals surface area contributed by atoms with Crippen LogP contribution in [0.1, 0.15) is 34.1 Å². The predicted molar refractivity (Wildman–Crippen MR) is 58.2 cm³/mol. The molecule has 1 atom stereocenters. The standard InChI is InChI=1S/C11H22N2O/c1-5-11-8-12(9(2)3)6-7-13(11)10(4)14/h9,11H,5-8H2,1-4H3. The number of hydrogen-bond donors (Lipinski definition) is 0. The molecule has 0 aromatic rings. The molecular weight excluding hydrogens is 176 g/mol. The summed E-state index contributed by atoms with van der Waals surface area (Å²) < 4.78 is 0. The van der Waals surface area contributed by atoms with Crippen molar-refractivity contribution in [3.8, 4) is 0 Å². The zero-order chi connectivity index (χ0) is 10.7. The van der Waals surface area contributed by atoms with Crippen LogP contribution in [-0.4, -0.2) is 47.4 Å². The topological polar surface area (TPSA) is 23.6 Å². The van der Waals surface area contributed by atoms with Crippen LogP contribution < -0.4 is 0 Å². The third-order valence-electron chi connectivity index (χ3n) is 3.12. The highest BCUT2D eigenvalue weighted by molar-refractivity contribution is 5.73. The van der Waals surface area contributed by atoms with Crippen molar-refractivity contribution in [3.63, 3.8) is 0 Å². The lowest BCUT2D eigenvalue weighted by Gasteiger charge is -2.42. The summed E-state index contributed by atoms with van der Waals surface area (Å²) in [4.78, 5) is 15.8. The number of nitrogens with zero attached hydrogens (tertiary/aromatic N) is 2. The Morgan fingerprint density at radius 1 is 1.43 bits per heavy atom. The molecule has 0 spiro atoms. The summed E-state index contributed by atoms with van der Waals surface area (Å²) >= 11 is 0. The fourth-order valence-corrected chi connectivity index (χ4v) is 2.11. The fourth-order valence-electron chi connectivity index (χ4n) is 2.11. The van der Waals surface area contributed by atoms with Crippen LogP contribution in [-0.2, 0) is 4.79 Å². The average molecular weight is 198 g/mol.